The second-order valence-corrected chi connectivity index (χ2v) is 5.45. The zero-order chi connectivity index (χ0) is 13.3. The molecule has 0 bridgehead atoms. The molecular formula is C13H15BrFNO2. The van der Waals surface area contributed by atoms with Crippen molar-refractivity contribution >= 4 is 21.9 Å². The van der Waals surface area contributed by atoms with E-state index in [1.165, 1.54) is 13.2 Å². The number of carbonyl (C=O) groups excluding carboxylic acids is 1. The first kappa shape index (κ1) is 13.5. The van der Waals surface area contributed by atoms with Gasteiger partial charge in [-0.2, -0.15) is 0 Å². The fraction of sp³-hybridized carbons (Fsp3) is 0.462. The standard InChI is InChI=1S/C13H15BrFNO2/c1-16-11(13(5-6-13)12(17)18-2)9-7-8(14)3-4-10(9)15/h3-4,7,11,16H,5-6H2,1-2H3. The van der Waals surface area contributed by atoms with E-state index in [4.69, 9.17) is 4.74 Å². The molecule has 0 aliphatic heterocycles. The monoisotopic (exact) mass is 315 g/mol. The number of rotatable bonds is 4. The molecule has 5 heteroatoms. The first-order valence-corrected chi connectivity index (χ1v) is 6.55. The van der Waals surface area contributed by atoms with Gasteiger partial charge in [0.15, 0.2) is 0 Å². The van der Waals surface area contributed by atoms with Crippen molar-refractivity contribution in [1.82, 2.24) is 5.32 Å². The van der Waals surface area contributed by atoms with Gasteiger partial charge in [-0.25, -0.2) is 4.39 Å². The van der Waals surface area contributed by atoms with E-state index in [1.807, 2.05) is 0 Å². The summed E-state index contributed by atoms with van der Waals surface area (Å²) in [5.74, 6) is -0.589. The minimum Gasteiger partial charge on any atom is -0.469 e. The third-order valence-electron chi connectivity index (χ3n) is 3.49. The van der Waals surface area contributed by atoms with Crippen LogP contribution in [0.25, 0.3) is 0 Å². The molecule has 18 heavy (non-hydrogen) atoms. The number of halogens is 2. The van der Waals surface area contributed by atoms with Crippen LogP contribution in [0.15, 0.2) is 22.7 Å². The maximum atomic E-state index is 13.9. The molecule has 1 unspecified atom stereocenters. The Bertz CT molecular complexity index is 474. The van der Waals surface area contributed by atoms with Crippen LogP contribution < -0.4 is 5.32 Å². The Balaban J connectivity index is 2.40. The van der Waals surface area contributed by atoms with Crippen LogP contribution in [0.4, 0.5) is 4.39 Å². The van der Waals surface area contributed by atoms with Crippen LogP contribution in [0.1, 0.15) is 24.4 Å². The zero-order valence-corrected chi connectivity index (χ0v) is 11.9. The SMILES string of the molecule is CNC(c1cc(Br)ccc1F)C1(C(=O)OC)CC1. The lowest BCUT2D eigenvalue weighted by molar-refractivity contribution is -0.148. The highest BCUT2D eigenvalue weighted by atomic mass is 79.9. The van der Waals surface area contributed by atoms with Crippen LogP contribution >= 0.6 is 15.9 Å². The van der Waals surface area contributed by atoms with E-state index >= 15 is 0 Å². The first-order chi connectivity index (χ1) is 8.55. The van der Waals surface area contributed by atoms with E-state index in [2.05, 4.69) is 21.2 Å². The topological polar surface area (TPSA) is 38.3 Å². The van der Waals surface area contributed by atoms with Gasteiger partial charge in [0.05, 0.1) is 18.6 Å². The number of hydrogen-bond donors (Lipinski definition) is 1. The first-order valence-electron chi connectivity index (χ1n) is 5.76. The minimum absolute atomic E-state index is 0.277. The predicted octanol–water partition coefficient (Wildman–Crippen LogP) is 2.80. The number of nitrogens with one attached hydrogen (secondary N) is 1. The maximum absolute atomic E-state index is 13.9. The molecule has 0 radical (unpaired) electrons. The number of hydrogen-bond acceptors (Lipinski definition) is 3. The van der Waals surface area contributed by atoms with Crippen molar-refractivity contribution < 1.29 is 13.9 Å². The van der Waals surface area contributed by atoms with Crippen molar-refractivity contribution in [3.8, 4) is 0 Å². The van der Waals surface area contributed by atoms with Crippen molar-refractivity contribution in [2.75, 3.05) is 14.2 Å². The lowest BCUT2D eigenvalue weighted by atomic mass is 9.90. The normalized spacial score (nSPS) is 18.2. The summed E-state index contributed by atoms with van der Waals surface area (Å²) in [6.45, 7) is 0. The second kappa shape index (κ2) is 4.97. The molecule has 1 aliphatic carbocycles. The largest absolute Gasteiger partial charge is 0.469 e. The molecule has 0 amide bonds. The molecule has 3 nitrogen and oxygen atoms in total. The Morgan fingerprint density at radius 2 is 2.22 bits per heavy atom. The zero-order valence-electron chi connectivity index (χ0n) is 10.3. The fourth-order valence-corrected chi connectivity index (χ4v) is 2.79. The number of benzene rings is 1. The van der Waals surface area contributed by atoms with Gasteiger partial charge < -0.3 is 10.1 Å². The Morgan fingerprint density at radius 1 is 1.56 bits per heavy atom. The Hall–Kier alpha value is -0.940. The van der Waals surface area contributed by atoms with E-state index in [0.717, 1.165) is 17.3 Å². The van der Waals surface area contributed by atoms with Gasteiger partial charge in [-0.1, -0.05) is 15.9 Å². The quantitative estimate of drug-likeness (QED) is 0.868. The third kappa shape index (κ3) is 2.17. The van der Waals surface area contributed by atoms with E-state index < -0.39 is 5.41 Å². The van der Waals surface area contributed by atoms with Gasteiger partial charge in [0.2, 0.25) is 0 Å². The highest BCUT2D eigenvalue weighted by molar-refractivity contribution is 9.10. The lowest BCUT2D eigenvalue weighted by Crippen LogP contribution is -2.34. The number of esters is 1. The number of ether oxygens (including phenoxy) is 1. The van der Waals surface area contributed by atoms with Crippen molar-refractivity contribution in [1.29, 1.82) is 0 Å². The summed E-state index contributed by atoms with van der Waals surface area (Å²) in [4.78, 5) is 11.9. The number of methoxy groups -OCH3 is 1. The van der Waals surface area contributed by atoms with Crippen LogP contribution in [-0.2, 0) is 9.53 Å². The van der Waals surface area contributed by atoms with Gasteiger partial charge in [0.25, 0.3) is 0 Å². The van der Waals surface area contributed by atoms with E-state index in [9.17, 15) is 9.18 Å². The second-order valence-electron chi connectivity index (χ2n) is 4.54. The molecule has 2 rings (SSSR count). The molecule has 1 N–H and O–H groups in total. The van der Waals surface area contributed by atoms with Crippen LogP contribution in [0.5, 0.6) is 0 Å². The predicted molar refractivity (Wildman–Crippen MR) is 69.6 cm³/mol. The molecule has 1 saturated carbocycles. The van der Waals surface area contributed by atoms with Crippen molar-refractivity contribution in [3.05, 3.63) is 34.1 Å². The Kier molecular flexibility index (Phi) is 3.73. The molecule has 1 atom stereocenters. The summed E-state index contributed by atoms with van der Waals surface area (Å²) in [5, 5.41) is 3.04. The molecule has 0 aromatic heterocycles. The van der Waals surface area contributed by atoms with E-state index in [1.54, 1.807) is 19.2 Å². The highest BCUT2D eigenvalue weighted by Gasteiger charge is 2.57. The van der Waals surface area contributed by atoms with Crippen LogP contribution in [0.3, 0.4) is 0 Å². The fourth-order valence-electron chi connectivity index (χ4n) is 2.41. The average Bonchev–Trinajstić information content (AvgIpc) is 3.15. The van der Waals surface area contributed by atoms with E-state index in [0.29, 0.717) is 5.56 Å². The van der Waals surface area contributed by atoms with Gasteiger partial charge in [0.1, 0.15) is 5.82 Å². The van der Waals surface area contributed by atoms with Gasteiger partial charge >= 0.3 is 5.97 Å². The molecule has 0 heterocycles. The van der Waals surface area contributed by atoms with Crippen molar-refractivity contribution in [2.45, 2.75) is 18.9 Å². The van der Waals surface area contributed by atoms with E-state index in [-0.39, 0.29) is 17.8 Å². The van der Waals surface area contributed by atoms with Gasteiger partial charge in [0, 0.05) is 10.0 Å². The molecule has 98 valence electrons. The Morgan fingerprint density at radius 3 is 2.72 bits per heavy atom. The average molecular weight is 316 g/mol. The lowest BCUT2D eigenvalue weighted by Gasteiger charge is -2.25. The van der Waals surface area contributed by atoms with Gasteiger partial charge in [-0.15, -0.1) is 0 Å². The van der Waals surface area contributed by atoms with Gasteiger partial charge in [-0.3, -0.25) is 4.79 Å². The van der Waals surface area contributed by atoms with Gasteiger partial charge in [-0.05, 0) is 38.1 Å². The summed E-state index contributed by atoms with van der Waals surface area (Å²) in [6.07, 6.45) is 1.44. The third-order valence-corrected chi connectivity index (χ3v) is 3.98. The smallest absolute Gasteiger partial charge is 0.313 e. The molecular weight excluding hydrogens is 301 g/mol. The maximum Gasteiger partial charge on any atom is 0.313 e. The molecule has 0 saturated heterocycles. The molecule has 0 spiro atoms. The summed E-state index contributed by atoms with van der Waals surface area (Å²) in [6, 6.07) is 4.39. The van der Waals surface area contributed by atoms with Crippen LogP contribution in [-0.4, -0.2) is 20.1 Å². The molecule has 1 aromatic carbocycles. The summed E-state index contributed by atoms with van der Waals surface area (Å²) < 4.78 is 19.5. The summed E-state index contributed by atoms with van der Waals surface area (Å²) >= 11 is 3.32. The molecule has 1 aromatic rings. The summed E-state index contributed by atoms with van der Waals surface area (Å²) in [5.41, 5.74) is -0.125. The molecule has 1 aliphatic rings. The minimum atomic E-state index is -0.620. The highest BCUT2D eigenvalue weighted by Crippen LogP contribution is 2.56. The number of carbonyl (C=O) groups is 1. The molecule has 1 fully saturated rings. The van der Waals surface area contributed by atoms with Crippen molar-refractivity contribution in [2.24, 2.45) is 5.41 Å². The van der Waals surface area contributed by atoms with Crippen LogP contribution in [0, 0.1) is 11.2 Å². The Labute approximate surface area is 114 Å². The van der Waals surface area contributed by atoms with Crippen LogP contribution in [0.2, 0.25) is 0 Å². The summed E-state index contributed by atoms with van der Waals surface area (Å²) in [7, 11) is 3.10. The van der Waals surface area contributed by atoms with Crippen molar-refractivity contribution in [3.63, 3.8) is 0 Å².